The summed E-state index contributed by atoms with van der Waals surface area (Å²) in [5.41, 5.74) is 16.4. The van der Waals surface area contributed by atoms with Crippen molar-refractivity contribution < 1.29 is 29.4 Å². The molecular weight excluding hydrogens is 420 g/mol. The zero-order chi connectivity index (χ0) is 24.7. The fourth-order valence-electron chi connectivity index (χ4n) is 2.92. The Morgan fingerprint density at radius 3 is 1.72 bits per heavy atom. The van der Waals surface area contributed by atoms with Crippen LogP contribution in [0.4, 0.5) is 0 Å². The predicted molar refractivity (Wildman–Crippen MR) is 119 cm³/mol. The molecule has 0 unspecified atom stereocenters. The lowest BCUT2D eigenvalue weighted by Crippen LogP contribution is -2.58. The van der Waals surface area contributed by atoms with E-state index >= 15 is 0 Å². The van der Waals surface area contributed by atoms with Gasteiger partial charge in [-0.05, 0) is 57.5 Å². The summed E-state index contributed by atoms with van der Waals surface area (Å²) in [7, 11) is 0. The molecule has 186 valence electrons. The van der Waals surface area contributed by atoms with Crippen LogP contribution in [0.2, 0.25) is 0 Å². The quantitative estimate of drug-likeness (QED) is 0.110. The largest absolute Gasteiger partial charge is 0.480 e. The van der Waals surface area contributed by atoms with Crippen molar-refractivity contribution in [2.75, 3.05) is 19.7 Å². The lowest BCUT2D eigenvalue weighted by Gasteiger charge is -2.27. The number of aliphatic hydroxyl groups excluding tert-OH is 1. The molecule has 0 fully saturated rings. The Labute approximate surface area is 189 Å². The third-order valence-electron chi connectivity index (χ3n) is 4.92. The molecular formula is C20H40N6O6. The number of carbonyl (C=O) groups is 4. The molecule has 0 aromatic carbocycles. The summed E-state index contributed by atoms with van der Waals surface area (Å²) in [4.78, 5) is 49.2. The van der Waals surface area contributed by atoms with E-state index in [1.54, 1.807) is 13.8 Å². The molecule has 0 heterocycles. The molecule has 0 radical (unpaired) electrons. The number of amides is 3. The Balaban J connectivity index is 5.30. The zero-order valence-corrected chi connectivity index (χ0v) is 19.0. The van der Waals surface area contributed by atoms with E-state index in [0.29, 0.717) is 38.8 Å². The average Bonchev–Trinajstić information content (AvgIpc) is 2.74. The first-order valence-electron chi connectivity index (χ1n) is 11.0. The van der Waals surface area contributed by atoms with Crippen molar-refractivity contribution in [3.63, 3.8) is 0 Å². The molecule has 11 N–H and O–H groups in total. The zero-order valence-electron chi connectivity index (χ0n) is 19.0. The van der Waals surface area contributed by atoms with E-state index in [4.69, 9.17) is 22.3 Å². The second kappa shape index (κ2) is 16.4. The number of carboxylic acids is 1. The molecule has 0 aliphatic rings. The fraction of sp³-hybridized carbons (Fsp3) is 0.800. The highest BCUT2D eigenvalue weighted by molar-refractivity contribution is 5.94. The molecule has 0 rings (SSSR count). The standard InChI is InChI=1S/C20H40N6O6/c1-12(2)16(19(30)25-15(20(31)32)8-4-6-10-22)26-18(29)14(7-3-5-9-21)24-17(28)13(23)11-27/h12-16,27H,3-11,21-23H2,1-2H3,(H,24,28)(H,25,30)(H,26,29)(H,31,32)/t13-,14-,15-,16-/m0/s1. The maximum atomic E-state index is 12.9. The molecule has 0 aromatic rings. The highest BCUT2D eigenvalue weighted by atomic mass is 16.4. The Hall–Kier alpha value is -2.28. The summed E-state index contributed by atoms with van der Waals surface area (Å²) in [6.45, 7) is 3.66. The van der Waals surface area contributed by atoms with Crippen molar-refractivity contribution in [1.29, 1.82) is 0 Å². The van der Waals surface area contributed by atoms with Crippen LogP contribution in [0.25, 0.3) is 0 Å². The van der Waals surface area contributed by atoms with Crippen LogP contribution in [0, 0.1) is 5.92 Å². The van der Waals surface area contributed by atoms with Crippen LogP contribution in [0.3, 0.4) is 0 Å². The Bertz CT molecular complexity index is 603. The second-order valence-corrected chi connectivity index (χ2v) is 8.05. The highest BCUT2D eigenvalue weighted by Gasteiger charge is 2.31. The number of hydrogen-bond donors (Lipinski definition) is 8. The van der Waals surface area contributed by atoms with E-state index < -0.39 is 54.5 Å². The van der Waals surface area contributed by atoms with Gasteiger partial charge in [-0.2, -0.15) is 0 Å². The molecule has 0 spiro atoms. The molecule has 0 aromatic heterocycles. The maximum Gasteiger partial charge on any atom is 0.326 e. The van der Waals surface area contributed by atoms with E-state index in [2.05, 4.69) is 16.0 Å². The second-order valence-electron chi connectivity index (χ2n) is 8.05. The third-order valence-corrected chi connectivity index (χ3v) is 4.92. The summed E-state index contributed by atoms with van der Waals surface area (Å²) < 4.78 is 0. The monoisotopic (exact) mass is 460 g/mol. The molecule has 0 saturated heterocycles. The molecule has 32 heavy (non-hydrogen) atoms. The number of aliphatic hydroxyl groups is 1. The minimum absolute atomic E-state index is 0.216. The van der Waals surface area contributed by atoms with E-state index in [1.165, 1.54) is 0 Å². The molecule has 12 nitrogen and oxygen atoms in total. The van der Waals surface area contributed by atoms with Gasteiger partial charge in [-0.25, -0.2) is 4.79 Å². The lowest BCUT2D eigenvalue weighted by atomic mass is 10.0. The molecule has 3 amide bonds. The Morgan fingerprint density at radius 1 is 0.781 bits per heavy atom. The van der Waals surface area contributed by atoms with Crippen molar-refractivity contribution in [1.82, 2.24) is 16.0 Å². The van der Waals surface area contributed by atoms with Crippen LogP contribution in [0.5, 0.6) is 0 Å². The van der Waals surface area contributed by atoms with Crippen LogP contribution < -0.4 is 33.2 Å². The minimum Gasteiger partial charge on any atom is -0.480 e. The van der Waals surface area contributed by atoms with Gasteiger partial charge >= 0.3 is 5.97 Å². The van der Waals surface area contributed by atoms with Gasteiger partial charge in [0.05, 0.1) is 6.61 Å². The number of nitrogens with one attached hydrogen (secondary N) is 3. The van der Waals surface area contributed by atoms with Gasteiger partial charge in [0.25, 0.3) is 0 Å². The van der Waals surface area contributed by atoms with Crippen LogP contribution in [-0.4, -0.2) is 77.8 Å². The van der Waals surface area contributed by atoms with Crippen molar-refractivity contribution in [3.8, 4) is 0 Å². The van der Waals surface area contributed by atoms with Gasteiger partial charge in [-0.1, -0.05) is 13.8 Å². The lowest BCUT2D eigenvalue weighted by molar-refractivity contribution is -0.142. The number of unbranched alkanes of at least 4 members (excludes halogenated alkanes) is 2. The SMILES string of the molecule is CC(C)[C@H](NC(=O)[C@H](CCCCN)NC(=O)[C@@H](N)CO)C(=O)N[C@@H](CCCCN)C(=O)O. The van der Waals surface area contributed by atoms with Gasteiger partial charge in [0.2, 0.25) is 17.7 Å². The Morgan fingerprint density at radius 2 is 1.28 bits per heavy atom. The molecule has 0 aliphatic carbocycles. The summed E-state index contributed by atoms with van der Waals surface area (Å²) in [6.07, 6.45) is 2.81. The number of carbonyl (C=O) groups excluding carboxylic acids is 3. The molecule has 0 bridgehead atoms. The third kappa shape index (κ3) is 11.4. The number of aliphatic carboxylic acids is 1. The number of nitrogens with two attached hydrogens (primary N) is 3. The van der Waals surface area contributed by atoms with Gasteiger partial charge in [0.15, 0.2) is 0 Å². The van der Waals surface area contributed by atoms with Gasteiger partial charge in [0.1, 0.15) is 24.2 Å². The first-order valence-corrected chi connectivity index (χ1v) is 11.0. The smallest absolute Gasteiger partial charge is 0.326 e. The topological polar surface area (TPSA) is 223 Å². The van der Waals surface area contributed by atoms with E-state index in [-0.39, 0.29) is 18.8 Å². The van der Waals surface area contributed by atoms with Crippen molar-refractivity contribution in [2.45, 2.75) is 76.5 Å². The van der Waals surface area contributed by atoms with Crippen LogP contribution in [0.1, 0.15) is 52.4 Å². The maximum absolute atomic E-state index is 12.9. The average molecular weight is 461 g/mol. The summed E-state index contributed by atoms with van der Waals surface area (Å²) in [6, 6.07) is -4.29. The van der Waals surface area contributed by atoms with Gasteiger partial charge in [0, 0.05) is 0 Å². The van der Waals surface area contributed by atoms with Gasteiger partial charge in [-0.3, -0.25) is 14.4 Å². The molecule has 12 heteroatoms. The first kappa shape index (κ1) is 29.7. The fourth-order valence-corrected chi connectivity index (χ4v) is 2.92. The van der Waals surface area contributed by atoms with E-state index in [0.717, 1.165) is 0 Å². The van der Waals surface area contributed by atoms with Crippen LogP contribution in [0.15, 0.2) is 0 Å². The number of rotatable bonds is 17. The molecule has 0 aliphatic heterocycles. The van der Waals surface area contributed by atoms with Gasteiger partial charge < -0.3 is 43.4 Å². The summed E-state index contributed by atoms with van der Waals surface area (Å²) >= 11 is 0. The molecule has 4 atom stereocenters. The van der Waals surface area contributed by atoms with Crippen molar-refractivity contribution in [3.05, 3.63) is 0 Å². The van der Waals surface area contributed by atoms with Crippen LogP contribution in [-0.2, 0) is 19.2 Å². The van der Waals surface area contributed by atoms with Crippen molar-refractivity contribution >= 4 is 23.7 Å². The van der Waals surface area contributed by atoms with Crippen molar-refractivity contribution in [2.24, 2.45) is 23.1 Å². The predicted octanol–water partition coefficient (Wildman–Crippen LogP) is -2.24. The summed E-state index contributed by atoms with van der Waals surface area (Å²) in [5.74, 6) is -3.46. The van der Waals surface area contributed by atoms with Gasteiger partial charge in [-0.15, -0.1) is 0 Å². The molecule has 0 saturated carbocycles. The normalized spacial score (nSPS) is 14.8. The number of carboxylic acid groups (broad SMARTS) is 1. The highest BCUT2D eigenvalue weighted by Crippen LogP contribution is 2.08. The van der Waals surface area contributed by atoms with E-state index in [9.17, 15) is 24.3 Å². The number of hydrogen-bond acceptors (Lipinski definition) is 8. The minimum atomic E-state index is -1.19. The summed E-state index contributed by atoms with van der Waals surface area (Å²) in [5, 5.41) is 26.0. The Kier molecular flexibility index (Phi) is 15.2. The first-order chi connectivity index (χ1) is 15.1. The van der Waals surface area contributed by atoms with Crippen LogP contribution >= 0.6 is 0 Å². The van der Waals surface area contributed by atoms with E-state index in [1.807, 2.05) is 0 Å².